The van der Waals surface area contributed by atoms with Crippen LogP contribution >= 0.6 is 11.8 Å². The van der Waals surface area contributed by atoms with Crippen molar-refractivity contribution in [3.63, 3.8) is 0 Å². The van der Waals surface area contributed by atoms with Crippen LogP contribution in [0.5, 0.6) is 0 Å². The number of carbonyl (C=O) groups excluding carboxylic acids is 1. The highest BCUT2D eigenvalue weighted by atomic mass is 32.2. The van der Waals surface area contributed by atoms with E-state index in [-0.39, 0.29) is 18.0 Å². The number of amidine groups is 1. The first-order valence-corrected chi connectivity index (χ1v) is 11.0. The minimum absolute atomic E-state index is 0.0423. The Morgan fingerprint density at radius 3 is 2.31 bits per heavy atom. The van der Waals surface area contributed by atoms with Gasteiger partial charge in [0.1, 0.15) is 0 Å². The summed E-state index contributed by atoms with van der Waals surface area (Å²) in [6.07, 6.45) is 2.02. The SMILES string of the molecule is Cc1ccc(-n2c(C)cc(/C=C3/SC(=NC(C)C)N(C(C)C)C3=O)c2C)c(C)c1. The predicted molar refractivity (Wildman–Crippen MR) is 125 cm³/mol. The average molecular weight is 410 g/mol. The quantitative estimate of drug-likeness (QED) is 0.599. The minimum atomic E-state index is 0.0423. The van der Waals surface area contributed by atoms with Gasteiger partial charge in [-0.05, 0) is 96.5 Å². The molecule has 1 aromatic heterocycles. The highest BCUT2D eigenvalue weighted by Gasteiger charge is 2.35. The average Bonchev–Trinajstić information content (AvgIpc) is 3.04. The van der Waals surface area contributed by atoms with E-state index in [1.807, 2.05) is 33.8 Å². The molecule has 1 aromatic carbocycles. The zero-order valence-corrected chi connectivity index (χ0v) is 19.5. The van der Waals surface area contributed by atoms with Crippen molar-refractivity contribution in [2.45, 2.75) is 67.5 Å². The van der Waals surface area contributed by atoms with Gasteiger partial charge < -0.3 is 4.57 Å². The van der Waals surface area contributed by atoms with Gasteiger partial charge in [0.05, 0.1) is 4.91 Å². The van der Waals surface area contributed by atoms with Crippen LogP contribution in [0.15, 0.2) is 34.2 Å². The molecule has 1 amide bonds. The summed E-state index contributed by atoms with van der Waals surface area (Å²) in [5.74, 6) is 0.0423. The van der Waals surface area contributed by atoms with E-state index >= 15 is 0 Å². The molecule has 3 rings (SSSR count). The molecule has 1 aliphatic heterocycles. The van der Waals surface area contributed by atoms with Crippen LogP contribution in [-0.4, -0.2) is 32.6 Å². The fourth-order valence-corrected chi connectivity index (χ4v) is 4.98. The van der Waals surface area contributed by atoms with Crippen LogP contribution in [0.2, 0.25) is 0 Å². The Labute approximate surface area is 178 Å². The molecule has 1 aliphatic rings. The van der Waals surface area contributed by atoms with E-state index in [9.17, 15) is 4.79 Å². The summed E-state index contributed by atoms with van der Waals surface area (Å²) < 4.78 is 2.27. The number of benzene rings is 1. The first-order valence-electron chi connectivity index (χ1n) is 10.2. The van der Waals surface area contributed by atoms with E-state index in [0.717, 1.165) is 27.0 Å². The Balaban J connectivity index is 2.05. The Morgan fingerprint density at radius 2 is 1.72 bits per heavy atom. The highest BCUT2D eigenvalue weighted by Crippen LogP contribution is 2.35. The molecular weight excluding hydrogens is 378 g/mol. The van der Waals surface area contributed by atoms with Crippen molar-refractivity contribution in [3.8, 4) is 5.69 Å². The predicted octanol–water partition coefficient (Wildman–Crippen LogP) is 5.80. The lowest BCUT2D eigenvalue weighted by Crippen LogP contribution is -2.35. The monoisotopic (exact) mass is 409 g/mol. The van der Waals surface area contributed by atoms with Gasteiger partial charge in [-0.3, -0.25) is 14.7 Å². The molecule has 2 heterocycles. The summed E-state index contributed by atoms with van der Waals surface area (Å²) in [6, 6.07) is 8.92. The number of aliphatic imine (C=N–C) groups is 1. The third-order valence-electron chi connectivity index (χ3n) is 5.07. The molecule has 0 N–H and O–H groups in total. The van der Waals surface area contributed by atoms with Crippen LogP contribution in [0.25, 0.3) is 11.8 Å². The fourth-order valence-electron chi connectivity index (χ4n) is 3.75. The molecule has 0 aliphatic carbocycles. The van der Waals surface area contributed by atoms with Gasteiger partial charge in [-0.2, -0.15) is 0 Å². The first kappa shape index (κ1) is 21.4. The number of aromatic nitrogens is 1. The lowest BCUT2D eigenvalue weighted by molar-refractivity contribution is -0.123. The highest BCUT2D eigenvalue weighted by molar-refractivity contribution is 8.18. The van der Waals surface area contributed by atoms with Gasteiger partial charge in [0.15, 0.2) is 5.17 Å². The third-order valence-corrected chi connectivity index (χ3v) is 6.07. The second-order valence-electron chi connectivity index (χ2n) is 8.34. The van der Waals surface area contributed by atoms with Crippen LogP contribution in [0.1, 0.15) is 55.8 Å². The number of hydrogen-bond donors (Lipinski definition) is 0. The van der Waals surface area contributed by atoms with Crippen LogP contribution in [0, 0.1) is 27.7 Å². The number of aryl methyl sites for hydroxylation is 3. The Bertz CT molecular complexity index is 1010. The molecule has 29 heavy (non-hydrogen) atoms. The second-order valence-corrected chi connectivity index (χ2v) is 9.35. The number of nitrogens with zero attached hydrogens (tertiary/aromatic N) is 3. The van der Waals surface area contributed by atoms with Gasteiger partial charge in [0.2, 0.25) is 0 Å². The van der Waals surface area contributed by atoms with Crippen molar-refractivity contribution in [2.24, 2.45) is 4.99 Å². The van der Waals surface area contributed by atoms with Crippen LogP contribution in [0.4, 0.5) is 0 Å². The normalized spacial score (nSPS) is 17.6. The number of carbonyl (C=O) groups is 1. The van der Waals surface area contributed by atoms with Crippen molar-refractivity contribution in [3.05, 3.63) is 57.2 Å². The standard InChI is InChI=1S/C24H31N3OS/c1-14(2)25-24-26(15(3)4)23(28)22(29-24)13-20-12-18(7)27(19(20)8)21-10-9-16(5)11-17(21)6/h9-15H,1-8H3/b22-13+,25-24?. The molecular formula is C24H31N3OS. The van der Waals surface area contributed by atoms with Gasteiger partial charge in [-0.1, -0.05) is 17.7 Å². The molecule has 0 radical (unpaired) electrons. The first-order chi connectivity index (χ1) is 13.6. The lowest BCUT2D eigenvalue weighted by Gasteiger charge is -2.20. The molecule has 5 heteroatoms. The Kier molecular flexibility index (Phi) is 6.08. The maximum Gasteiger partial charge on any atom is 0.266 e. The van der Waals surface area contributed by atoms with E-state index in [1.165, 1.54) is 28.6 Å². The van der Waals surface area contributed by atoms with Crippen LogP contribution in [0.3, 0.4) is 0 Å². The largest absolute Gasteiger partial charge is 0.318 e. The van der Waals surface area contributed by atoms with Gasteiger partial charge in [-0.25, -0.2) is 0 Å². The van der Waals surface area contributed by atoms with Crippen LogP contribution in [-0.2, 0) is 4.79 Å². The van der Waals surface area contributed by atoms with Gasteiger partial charge in [0.25, 0.3) is 5.91 Å². The van der Waals surface area contributed by atoms with E-state index in [0.29, 0.717) is 0 Å². The van der Waals surface area contributed by atoms with Crippen molar-refractivity contribution in [1.29, 1.82) is 0 Å². The molecule has 1 saturated heterocycles. The van der Waals surface area contributed by atoms with E-state index in [4.69, 9.17) is 0 Å². The zero-order valence-electron chi connectivity index (χ0n) is 18.7. The number of thioether (sulfide) groups is 1. The van der Waals surface area contributed by atoms with Crippen molar-refractivity contribution in [2.75, 3.05) is 0 Å². The van der Waals surface area contributed by atoms with Crippen molar-refractivity contribution < 1.29 is 4.79 Å². The summed E-state index contributed by atoms with van der Waals surface area (Å²) in [5.41, 5.74) is 7.07. The molecule has 0 bridgehead atoms. The van der Waals surface area contributed by atoms with Crippen molar-refractivity contribution in [1.82, 2.24) is 9.47 Å². The van der Waals surface area contributed by atoms with Crippen LogP contribution < -0.4 is 0 Å². The molecule has 0 unspecified atom stereocenters. The van der Waals surface area contributed by atoms with Gasteiger partial charge in [0, 0.05) is 29.2 Å². The molecule has 2 aromatic rings. The topological polar surface area (TPSA) is 37.6 Å². The molecule has 1 fully saturated rings. The molecule has 154 valence electrons. The van der Waals surface area contributed by atoms with E-state index in [1.54, 1.807) is 4.90 Å². The lowest BCUT2D eigenvalue weighted by atomic mass is 10.1. The number of amides is 1. The number of rotatable bonds is 4. The zero-order chi connectivity index (χ0) is 21.5. The van der Waals surface area contributed by atoms with E-state index in [2.05, 4.69) is 61.5 Å². The summed E-state index contributed by atoms with van der Waals surface area (Å²) in [5, 5.41) is 0.800. The maximum absolute atomic E-state index is 13.1. The molecule has 0 saturated carbocycles. The fraction of sp³-hybridized carbons (Fsp3) is 0.417. The summed E-state index contributed by atoms with van der Waals surface area (Å²) in [7, 11) is 0. The Morgan fingerprint density at radius 1 is 1.03 bits per heavy atom. The Hall–Kier alpha value is -2.27. The molecule has 0 atom stereocenters. The third kappa shape index (κ3) is 4.20. The summed E-state index contributed by atoms with van der Waals surface area (Å²) in [4.78, 5) is 20.3. The van der Waals surface area contributed by atoms with E-state index < -0.39 is 0 Å². The maximum atomic E-state index is 13.1. The summed E-state index contributed by atoms with van der Waals surface area (Å²) >= 11 is 1.48. The number of hydrogen-bond acceptors (Lipinski definition) is 3. The van der Waals surface area contributed by atoms with Crippen molar-refractivity contribution >= 4 is 28.9 Å². The summed E-state index contributed by atoms with van der Waals surface area (Å²) in [6.45, 7) is 16.6. The van der Waals surface area contributed by atoms with Gasteiger partial charge >= 0.3 is 0 Å². The molecule has 0 spiro atoms. The van der Waals surface area contributed by atoms with Gasteiger partial charge in [-0.15, -0.1) is 0 Å². The second kappa shape index (κ2) is 8.23. The molecule has 4 nitrogen and oxygen atoms in total. The minimum Gasteiger partial charge on any atom is -0.318 e. The smallest absolute Gasteiger partial charge is 0.266 e.